The van der Waals surface area contributed by atoms with E-state index in [0.29, 0.717) is 6.04 Å². The molecule has 90 valence electrons. The Hall–Kier alpha value is -0.120. The fourth-order valence-electron chi connectivity index (χ4n) is 2.30. The molecule has 1 saturated heterocycles. The summed E-state index contributed by atoms with van der Waals surface area (Å²) in [6.45, 7) is 8.87. The minimum atomic E-state index is 0.697. The van der Waals surface area contributed by atoms with E-state index in [2.05, 4.69) is 24.1 Å². The van der Waals surface area contributed by atoms with Gasteiger partial charge in [0, 0.05) is 25.7 Å². The minimum absolute atomic E-state index is 0.697. The van der Waals surface area contributed by atoms with Crippen LogP contribution in [0.25, 0.3) is 0 Å². The van der Waals surface area contributed by atoms with Gasteiger partial charge in [-0.1, -0.05) is 6.92 Å². The number of hydrogen-bond acceptors (Lipinski definition) is 3. The number of hydrogen-bond donors (Lipinski definition) is 1. The summed E-state index contributed by atoms with van der Waals surface area (Å²) in [7, 11) is 1.78. The Morgan fingerprint density at radius 3 is 2.87 bits per heavy atom. The molecule has 0 aromatic heterocycles. The van der Waals surface area contributed by atoms with Crippen LogP contribution < -0.4 is 5.32 Å². The molecule has 3 heteroatoms. The lowest BCUT2D eigenvalue weighted by Crippen LogP contribution is -2.48. The molecule has 3 nitrogen and oxygen atoms in total. The van der Waals surface area contributed by atoms with Crippen LogP contribution in [0.3, 0.4) is 0 Å². The van der Waals surface area contributed by atoms with E-state index < -0.39 is 0 Å². The molecule has 1 fully saturated rings. The zero-order valence-corrected chi connectivity index (χ0v) is 10.5. The Morgan fingerprint density at radius 2 is 2.27 bits per heavy atom. The van der Waals surface area contributed by atoms with Gasteiger partial charge in [-0.2, -0.15) is 0 Å². The molecule has 1 heterocycles. The third-order valence-electron chi connectivity index (χ3n) is 3.28. The van der Waals surface area contributed by atoms with Gasteiger partial charge >= 0.3 is 0 Å². The zero-order valence-electron chi connectivity index (χ0n) is 10.5. The van der Waals surface area contributed by atoms with Crippen molar-refractivity contribution in [1.82, 2.24) is 10.2 Å². The third-order valence-corrected chi connectivity index (χ3v) is 3.28. The molecule has 2 atom stereocenters. The van der Waals surface area contributed by atoms with Crippen LogP contribution in [0.5, 0.6) is 0 Å². The summed E-state index contributed by atoms with van der Waals surface area (Å²) in [5.41, 5.74) is 0. The quantitative estimate of drug-likeness (QED) is 0.725. The molecule has 15 heavy (non-hydrogen) atoms. The highest BCUT2D eigenvalue weighted by Gasteiger charge is 2.24. The maximum Gasteiger partial charge on any atom is 0.0589 e. The lowest BCUT2D eigenvalue weighted by atomic mass is 9.98. The van der Waals surface area contributed by atoms with E-state index in [1.807, 2.05) is 0 Å². The zero-order chi connectivity index (χ0) is 11.1. The van der Waals surface area contributed by atoms with Crippen molar-refractivity contribution in [1.29, 1.82) is 0 Å². The number of rotatable bonds is 6. The number of ether oxygens (including phenoxy) is 1. The molecule has 0 amide bonds. The first-order chi connectivity index (χ1) is 7.27. The van der Waals surface area contributed by atoms with E-state index in [9.17, 15) is 0 Å². The van der Waals surface area contributed by atoms with E-state index >= 15 is 0 Å². The maximum absolute atomic E-state index is 5.13. The van der Waals surface area contributed by atoms with Crippen molar-refractivity contribution in [2.75, 3.05) is 33.4 Å². The van der Waals surface area contributed by atoms with Crippen molar-refractivity contribution in [2.45, 2.75) is 45.2 Å². The second-order valence-electron chi connectivity index (χ2n) is 4.55. The van der Waals surface area contributed by atoms with Gasteiger partial charge in [-0.15, -0.1) is 0 Å². The van der Waals surface area contributed by atoms with Gasteiger partial charge in [-0.05, 0) is 39.3 Å². The number of piperidine rings is 1. The molecule has 0 aromatic rings. The molecule has 0 radical (unpaired) electrons. The second-order valence-corrected chi connectivity index (χ2v) is 4.55. The van der Waals surface area contributed by atoms with Crippen molar-refractivity contribution in [3.05, 3.63) is 0 Å². The highest BCUT2D eigenvalue weighted by molar-refractivity contribution is 4.82. The minimum Gasteiger partial charge on any atom is -0.383 e. The van der Waals surface area contributed by atoms with Crippen molar-refractivity contribution in [3.8, 4) is 0 Å². The summed E-state index contributed by atoms with van der Waals surface area (Å²) >= 11 is 0. The van der Waals surface area contributed by atoms with Crippen LogP contribution in [0.2, 0.25) is 0 Å². The number of nitrogens with zero attached hydrogens (tertiary/aromatic N) is 1. The van der Waals surface area contributed by atoms with E-state index in [1.165, 1.54) is 25.8 Å². The molecule has 1 rings (SSSR count). The predicted octanol–water partition coefficient (Wildman–Crippen LogP) is 1.49. The molecule has 1 N–H and O–H groups in total. The molecule has 0 aliphatic carbocycles. The van der Waals surface area contributed by atoms with Gasteiger partial charge in [0.15, 0.2) is 0 Å². The van der Waals surface area contributed by atoms with Gasteiger partial charge in [0.1, 0.15) is 0 Å². The summed E-state index contributed by atoms with van der Waals surface area (Å²) in [5, 5.41) is 3.62. The first-order valence-corrected chi connectivity index (χ1v) is 6.24. The first kappa shape index (κ1) is 12.9. The highest BCUT2D eigenvalue weighted by Crippen LogP contribution is 2.16. The van der Waals surface area contributed by atoms with Gasteiger partial charge < -0.3 is 10.1 Å². The van der Waals surface area contributed by atoms with Crippen molar-refractivity contribution >= 4 is 0 Å². The van der Waals surface area contributed by atoms with E-state index in [4.69, 9.17) is 4.74 Å². The van der Waals surface area contributed by atoms with Gasteiger partial charge in [0.25, 0.3) is 0 Å². The van der Waals surface area contributed by atoms with Crippen molar-refractivity contribution in [3.63, 3.8) is 0 Å². The molecule has 0 bridgehead atoms. The van der Waals surface area contributed by atoms with Gasteiger partial charge in [-0.3, -0.25) is 4.90 Å². The Labute approximate surface area is 94.2 Å². The van der Waals surface area contributed by atoms with Crippen LogP contribution in [-0.4, -0.2) is 50.3 Å². The maximum atomic E-state index is 5.13. The third kappa shape index (κ3) is 4.49. The monoisotopic (exact) mass is 214 g/mol. The van der Waals surface area contributed by atoms with E-state index in [1.54, 1.807) is 7.11 Å². The van der Waals surface area contributed by atoms with Gasteiger partial charge in [-0.25, -0.2) is 0 Å². The standard InChI is InChI=1S/C12H26N2O/c1-4-6-13-12-5-7-14(8-9-15-3)11(2)10-12/h11-13H,4-10H2,1-3H3. The molecule has 1 aliphatic rings. The van der Waals surface area contributed by atoms with E-state index in [-0.39, 0.29) is 0 Å². The lowest BCUT2D eigenvalue weighted by Gasteiger charge is -2.37. The Kier molecular flexibility index (Phi) is 6.22. The molecule has 0 spiro atoms. The fourth-order valence-corrected chi connectivity index (χ4v) is 2.30. The summed E-state index contributed by atoms with van der Waals surface area (Å²) in [4.78, 5) is 2.54. The second kappa shape index (κ2) is 7.20. The predicted molar refractivity (Wildman–Crippen MR) is 64.2 cm³/mol. The van der Waals surface area contributed by atoms with Crippen LogP contribution in [0, 0.1) is 0 Å². The Balaban J connectivity index is 2.21. The average Bonchev–Trinajstić information content (AvgIpc) is 2.25. The molecular formula is C12H26N2O. The normalized spacial score (nSPS) is 28.2. The van der Waals surface area contributed by atoms with Crippen LogP contribution in [0.15, 0.2) is 0 Å². The largest absolute Gasteiger partial charge is 0.383 e. The van der Waals surface area contributed by atoms with Crippen LogP contribution >= 0.6 is 0 Å². The highest BCUT2D eigenvalue weighted by atomic mass is 16.5. The molecule has 0 aromatic carbocycles. The Bertz CT molecular complexity index is 164. The summed E-state index contributed by atoms with van der Waals surface area (Å²) in [6.07, 6.45) is 3.80. The van der Waals surface area contributed by atoms with Gasteiger partial charge in [0.05, 0.1) is 6.61 Å². The molecular weight excluding hydrogens is 188 g/mol. The van der Waals surface area contributed by atoms with Crippen LogP contribution in [0.4, 0.5) is 0 Å². The first-order valence-electron chi connectivity index (χ1n) is 6.24. The SMILES string of the molecule is CCCNC1CCN(CCOC)C(C)C1. The Morgan fingerprint density at radius 1 is 1.47 bits per heavy atom. The van der Waals surface area contributed by atoms with Crippen LogP contribution in [-0.2, 0) is 4.74 Å². The lowest BCUT2D eigenvalue weighted by molar-refractivity contribution is 0.0913. The fraction of sp³-hybridized carbons (Fsp3) is 1.00. The van der Waals surface area contributed by atoms with Gasteiger partial charge in [0.2, 0.25) is 0 Å². The average molecular weight is 214 g/mol. The van der Waals surface area contributed by atoms with Crippen LogP contribution in [0.1, 0.15) is 33.1 Å². The topological polar surface area (TPSA) is 24.5 Å². The summed E-state index contributed by atoms with van der Waals surface area (Å²) in [6, 6.07) is 1.43. The number of likely N-dealkylation sites (tertiary alicyclic amines) is 1. The molecule has 0 saturated carbocycles. The van der Waals surface area contributed by atoms with Crippen molar-refractivity contribution < 1.29 is 4.74 Å². The molecule has 2 unspecified atom stereocenters. The number of methoxy groups -OCH3 is 1. The number of nitrogens with one attached hydrogen (secondary N) is 1. The smallest absolute Gasteiger partial charge is 0.0589 e. The van der Waals surface area contributed by atoms with Crippen molar-refractivity contribution in [2.24, 2.45) is 0 Å². The summed E-state index contributed by atoms with van der Waals surface area (Å²) < 4.78 is 5.13. The van der Waals surface area contributed by atoms with E-state index in [0.717, 1.165) is 25.7 Å². The molecule has 1 aliphatic heterocycles. The summed E-state index contributed by atoms with van der Waals surface area (Å²) in [5.74, 6) is 0.